The summed E-state index contributed by atoms with van der Waals surface area (Å²) in [5.74, 6) is 0.560. The summed E-state index contributed by atoms with van der Waals surface area (Å²) in [5.41, 5.74) is 1.12. The summed E-state index contributed by atoms with van der Waals surface area (Å²) in [6, 6.07) is 13.7. The molecule has 1 N–H and O–H groups in total. The lowest BCUT2D eigenvalue weighted by Crippen LogP contribution is -2.13. The minimum atomic E-state index is -0.519. The van der Waals surface area contributed by atoms with Gasteiger partial charge < -0.3 is 14.8 Å². The van der Waals surface area contributed by atoms with Crippen molar-refractivity contribution in [2.24, 2.45) is 0 Å². The Labute approximate surface area is 145 Å². The van der Waals surface area contributed by atoms with Gasteiger partial charge in [0.1, 0.15) is 11.6 Å². The highest BCUT2D eigenvalue weighted by molar-refractivity contribution is 6.31. The third-order valence-corrected chi connectivity index (χ3v) is 3.40. The van der Waals surface area contributed by atoms with Crippen molar-refractivity contribution in [2.45, 2.75) is 0 Å². The zero-order valence-electron chi connectivity index (χ0n) is 13.2. The zero-order chi connectivity index (χ0) is 17.5. The predicted molar refractivity (Wildman–Crippen MR) is 93.2 cm³/mol. The van der Waals surface area contributed by atoms with E-state index in [9.17, 15) is 10.1 Å². The van der Waals surface area contributed by atoms with Crippen molar-refractivity contribution in [3.05, 3.63) is 58.6 Å². The van der Waals surface area contributed by atoms with Gasteiger partial charge in [-0.25, -0.2) is 0 Å². The number of carbonyl (C=O) groups is 1. The summed E-state index contributed by atoms with van der Waals surface area (Å²) in [7, 11) is 3.05. The first-order valence-corrected chi connectivity index (χ1v) is 7.36. The highest BCUT2D eigenvalue weighted by Gasteiger charge is 2.11. The van der Waals surface area contributed by atoms with Crippen LogP contribution in [0.25, 0.3) is 6.08 Å². The molecule has 0 spiro atoms. The van der Waals surface area contributed by atoms with Crippen molar-refractivity contribution >= 4 is 29.3 Å². The number of nitrogens with zero attached hydrogens (tertiary/aromatic N) is 1. The molecular formula is C18H15ClN2O3. The molecule has 0 radical (unpaired) electrons. The Morgan fingerprint density at radius 1 is 1.17 bits per heavy atom. The van der Waals surface area contributed by atoms with Crippen LogP contribution in [0.5, 0.6) is 11.5 Å². The van der Waals surface area contributed by atoms with Crippen molar-refractivity contribution in [3.8, 4) is 17.6 Å². The predicted octanol–water partition coefficient (Wildman–Crippen LogP) is 3.90. The average Bonchev–Trinajstić information content (AvgIpc) is 2.59. The minimum Gasteiger partial charge on any atom is -0.493 e. The van der Waals surface area contributed by atoms with Crippen LogP contribution in [0.1, 0.15) is 5.56 Å². The molecule has 1 amide bonds. The lowest BCUT2D eigenvalue weighted by molar-refractivity contribution is -0.112. The van der Waals surface area contributed by atoms with Crippen LogP contribution in [0.3, 0.4) is 0 Å². The fraction of sp³-hybridized carbons (Fsp3) is 0.111. The molecule has 0 fully saturated rings. The Morgan fingerprint density at radius 3 is 2.54 bits per heavy atom. The maximum absolute atomic E-state index is 12.2. The quantitative estimate of drug-likeness (QED) is 0.660. The van der Waals surface area contributed by atoms with Gasteiger partial charge in [0.25, 0.3) is 5.91 Å². The standard InChI is InChI=1S/C18H15ClN2O3/c1-23-16-7-6-12(9-17(16)24-2)8-13(11-20)18(22)21-15-5-3-4-14(19)10-15/h3-10H,1-2H3,(H,21,22)/b13-8+. The molecule has 0 aromatic heterocycles. The van der Waals surface area contributed by atoms with Gasteiger partial charge in [-0.2, -0.15) is 5.26 Å². The summed E-state index contributed by atoms with van der Waals surface area (Å²) in [6.45, 7) is 0. The second-order valence-corrected chi connectivity index (χ2v) is 5.19. The fourth-order valence-corrected chi connectivity index (χ4v) is 2.21. The van der Waals surface area contributed by atoms with Crippen molar-refractivity contribution in [1.82, 2.24) is 0 Å². The van der Waals surface area contributed by atoms with E-state index in [0.717, 1.165) is 0 Å². The zero-order valence-corrected chi connectivity index (χ0v) is 13.9. The van der Waals surface area contributed by atoms with Crippen molar-refractivity contribution in [3.63, 3.8) is 0 Å². The molecule has 0 atom stereocenters. The van der Waals surface area contributed by atoms with Gasteiger partial charge in [0.15, 0.2) is 11.5 Å². The van der Waals surface area contributed by atoms with Gasteiger partial charge in [0.05, 0.1) is 14.2 Å². The molecule has 0 unspecified atom stereocenters. The third-order valence-electron chi connectivity index (χ3n) is 3.17. The lowest BCUT2D eigenvalue weighted by atomic mass is 10.1. The highest BCUT2D eigenvalue weighted by atomic mass is 35.5. The van der Waals surface area contributed by atoms with E-state index in [1.54, 1.807) is 42.5 Å². The van der Waals surface area contributed by atoms with Crippen LogP contribution in [-0.4, -0.2) is 20.1 Å². The maximum atomic E-state index is 12.2. The molecule has 0 saturated heterocycles. The molecule has 0 bridgehead atoms. The highest BCUT2D eigenvalue weighted by Crippen LogP contribution is 2.28. The van der Waals surface area contributed by atoms with Crippen LogP contribution in [0.15, 0.2) is 48.0 Å². The number of benzene rings is 2. The van der Waals surface area contributed by atoms with Crippen LogP contribution in [0.4, 0.5) is 5.69 Å². The van der Waals surface area contributed by atoms with Gasteiger partial charge in [-0.3, -0.25) is 4.79 Å². The van der Waals surface area contributed by atoms with Crippen molar-refractivity contribution < 1.29 is 14.3 Å². The molecule has 6 heteroatoms. The van der Waals surface area contributed by atoms with Gasteiger partial charge in [0.2, 0.25) is 0 Å². The van der Waals surface area contributed by atoms with Gasteiger partial charge >= 0.3 is 0 Å². The number of hydrogen-bond acceptors (Lipinski definition) is 4. The smallest absolute Gasteiger partial charge is 0.266 e. The number of nitriles is 1. The molecule has 0 aliphatic rings. The Bertz CT molecular complexity index is 825. The van der Waals surface area contributed by atoms with Crippen LogP contribution >= 0.6 is 11.6 Å². The first-order valence-electron chi connectivity index (χ1n) is 6.98. The SMILES string of the molecule is COc1ccc(/C=C(\C#N)C(=O)Nc2cccc(Cl)c2)cc1OC. The number of hydrogen-bond donors (Lipinski definition) is 1. The van der Waals surface area contributed by atoms with Crippen molar-refractivity contribution in [2.75, 3.05) is 19.5 Å². The number of halogens is 1. The Kier molecular flexibility index (Phi) is 5.83. The van der Waals surface area contributed by atoms with Crippen LogP contribution in [0.2, 0.25) is 5.02 Å². The van der Waals surface area contributed by atoms with Crippen LogP contribution in [-0.2, 0) is 4.79 Å². The fourth-order valence-electron chi connectivity index (χ4n) is 2.02. The molecule has 122 valence electrons. The minimum absolute atomic E-state index is 0.0396. The van der Waals surface area contributed by atoms with Gasteiger partial charge in [-0.15, -0.1) is 0 Å². The first-order chi connectivity index (χ1) is 11.6. The van der Waals surface area contributed by atoms with E-state index in [0.29, 0.717) is 27.8 Å². The molecule has 0 aliphatic heterocycles. The Balaban J connectivity index is 2.25. The number of anilines is 1. The molecule has 2 aromatic carbocycles. The Morgan fingerprint density at radius 2 is 1.92 bits per heavy atom. The second-order valence-electron chi connectivity index (χ2n) is 4.75. The monoisotopic (exact) mass is 342 g/mol. The van der Waals surface area contributed by atoms with E-state index < -0.39 is 5.91 Å². The summed E-state index contributed by atoms with van der Waals surface area (Å²) in [6.07, 6.45) is 1.47. The Hall–Kier alpha value is -2.97. The van der Waals surface area contributed by atoms with Crippen LogP contribution in [0, 0.1) is 11.3 Å². The van der Waals surface area contributed by atoms with E-state index in [1.165, 1.54) is 20.3 Å². The molecule has 0 aliphatic carbocycles. The molecule has 24 heavy (non-hydrogen) atoms. The molecule has 2 rings (SSSR count). The summed E-state index contributed by atoms with van der Waals surface area (Å²) in [4.78, 5) is 12.2. The number of carbonyl (C=O) groups excluding carboxylic acids is 1. The summed E-state index contributed by atoms with van der Waals surface area (Å²) in [5, 5.41) is 12.4. The number of ether oxygens (including phenoxy) is 2. The normalized spacial score (nSPS) is 10.7. The first kappa shape index (κ1) is 17.4. The molecule has 5 nitrogen and oxygen atoms in total. The van der Waals surface area contributed by atoms with Gasteiger partial charge in [-0.05, 0) is 42.0 Å². The molecule has 2 aromatic rings. The van der Waals surface area contributed by atoms with E-state index in [4.69, 9.17) is 21.1 Å². The second kappa shape index (κ2) is 8.04. The number of nitrogens with one attached hydrogen (secondary N) is 1. The topological polar surface area (TPSA) is 71.3 Å². The maximum Gasteiger partial charge on any atom is 0.266 e. The molecule has 0 saturated carbocycles. The number of amides is 1. The van der Waals surface area contributed by atoms with E-state index in [-0.39, 0.29) is 5.57 Å². The van der Waals surface area contributed by atoms with E-state index in [1.807, 2.05) is 6.07 Å². The largest absolute Gasteiger partial charge is 0.493 e. The van der Waals surface area contributed by atoms with Crippen LogP contribution < -0.4 is 14.8 Å². The van der Waals surface area contributed by atoms with Gasteiger partial charge in [0, 0.05) is 10.7 Å². The van der Waals surface area contributed by atoms with E-state index in [2.05, 4.69) is 5.32 Å². The average molecular weight is 343 g/mol. The summed E-state index contributed by atoms with van der Waals surface area (Å²) >= 11 is 5.88. The van der Waals surface area contributed by atoms with E-state index >= 15 is 0 Å². The van der Waals surface area contributed by atoms with Gasteiger partial charge in [-0.1, -0.05) is 23.7 Å². The third kappa shape index (κ3) is 4.28. The van der Waals surface area contributed by atoms with Crippen molar-refractivity contribution in [1.29, 1.82) is 5.26 Å². The summed E-state index contributed by atoms with van der Waals surface area (Å²) < 4.78 is 10.4. The molecular weight excluding hydrogens is 328 g/mol. The lowest BCUT2D eigenvalue weighted by Gasteiger charge is -2.08. The molecule has 0 heterocycles. The number of rotatable bonds is 5. The number of methoxy groups -OCH3 is 2.